The van der Waals surface area contributed by atoms with Crippen LogP contribution in [0.3, 0.4) is 0 Å². The van der Waals surface area contributed by atoms with Gasteiger partial charge in [-0.25, -0.2) is 0 Å². The van der Waals surface area contributed by atoms with E-state index in [-0.39, 0.29) is 12.5 Å². The molecule has 0 aromatic carbocycles. The van der Waals surface area contributed by atoms with E-state index in [2.05, 4.69) is 0 Å². The molecule has 1 saturated heterocycles. The van der Waals surface area contributed by atoms with Gasteiger partial charge in [0.05, 0.1) is 0 Å². The average Bonchev–Trinajstić information content (AvgIpc) is 2.37. The zero-order valence-electron chi connectivity index (χ0n) is 11.2. The second kappa shape index (κ2) is 6.36. The number of aliphatic hydroxyl groups excluding tert-OH is 1. The van der Waals surface area contributed by atoms with Crippen molar-refractivity contribution in [3.63, 3.8) is 0 Å². The number of hydrogen-bond acceptors (Lipinski definition) is 3. The van der Waals surface area contributed by atoms with Crippen molar-refractivity contribution < 1.29 is 14.6 Å². The lowest BCUT2D eigenvalue weighted by molar-refractivity contribution is -0.155. The van der Waals surface area contributed by atoms with Crippen molar-refractivity contribution in [2.45, 2.75) is 45.1 Å². The Morgan fingerprint density at radius 2 is 2.29 bits per heavy atom. The van der Waals surface area contributed by atoms with Gasteiger partial charge in [-0.2, -0.15) is 0 Å². The summed E-state index contributed by atoms with van der Waals surface area (Å²) in [5.74, 6) is 0.529. The van der Waals surface area contributed by atoms with E-state index in [1.165, 1.54) is 0 Å². The van der Waals surface area contributed by atoms with Gasteiger partial charge in [0.1, 0.15) is 5.60 Å². The third-order valence-corrected chi connectivity index (χ3v) is 3.92. The predicted octanol–water partition coefficient (Wildman–Crippen LogP) is 1.42. The molecule has 2 unspecified atom stereocenters. The highest BCUT2D eigenvalue weighted by molar-refractivity contribution is 5.84. The van der Waals surface area contributed by atoms with Crippen molar-refractivity contribution in [3.05, 3.63) is 0 Å². The molecule has 4 heteroatoms. The molecule has 4 nitrogen and oxygen atoms in total. The Bertz CT molecular complexity index is 249. The molecule has 2 atom stereocenters. The number of likely N-dealkylation sites (tertiary alicyclic amines) is 1. The lowest BCUT2D eigenvalue weighted by Crippen LogP contribution is -2.51. The molecule has 0 aromatic rings. The molecule has 0 aliphatic carbocycles. The van der Waals surface area contributed by atoms with Crippen LogP contribution in [-0.4, -0.2) is 48.3 Å². The molecule has 100 valence electrons. The van der Waals surface area contributed by atoms with Gasteiger partial charge in [-0.05, 0) is 38.5 Å². The van der Waals surface area contributed by atoms with Crippen LogP contribution < -0.4 is 0 Å². The molecule has 1 aliphatic rings. The largest absolute Gasteiger partial charge is 0.396 e. The van der Waals surface area contributed by atoms with Crippen LogP contribution in [-0.2, 0) is 9.53 Å². The summed E-state index contributed by atoms with van der Waals surface area (Å²) >= 11 is 0. The summed E-state index contributed by atoms with van der Waals surface area (Å²) in [5.41, 5.74) is -0.693. The molecule has 0 spiro atoms. The first-order valence-electron chi connectivity index (χ1n) is 6.52. The van der Waals surface area contributed by atoms with Crippen molar-refractivity contribution in [1.29, 1.82) is 0 Å². The molecule has 0 aromatic heterocycles. The zero-order chi connectivity index (χ0) is 12.9. The minimum Gasteiger partial charge on any atom is -0.396 e. The van der Waals surface area contributed by atoms with E-state index in [0.29, 0.717) is 12.3 Å². The van der Waals surface area contributed by atoms with E-state index < -0.39 is 5.60 Å². The van der Waals surface area contributed by atoms with Crippen LogP contribution in [0.25, 0.3) is 0 Å². The monoisotopic (exact) mass is 243 g/mol. The maximum absolute atomic E-state index is 12.4. The Hall–Kier alpha value is -0.610. The lowest BCUT2D eigenvalue weighted by atomic mass is 9.92. The van der Waals surface area contributed by atoms with Crippen molar-refractivity contribution in [1.82, 2.24) is 4.90 Å². The normalized spacial score (nSPS) is 24.5. The number of rotatable bonds is 5. The fourth-order valence-corrected chi connectivity index (χ4v) is 2.39. The minimum atomic E-state index is -0.693. The van der Waals surface area contributed by atoms with Gasteiger partial charge in [0.15, 0.2) is 0 Å². The van der Waals surface area contributed by atoms with Crippen LogP contribution in [0.1, 0.15) is 39.5 Å². The Labute approximate surface area is 104 Å². The summed E-state index contributed by atoms with van der Waals surface area (Å²) in [6, 6.07) is 0. The maximum atomic E-state index is 12.4. The van der Waals surface area contributed by atoms with E-state index >= 15 is 0 Å². The quantitative estimate of drug-likeness (QED) is 0.794. The van der Waals surface area contributed by atoms with E-state index in [4.69, 9.17) is 9.84 Å². The second-order valence-corrected chi connectivity index (χ2v) is 5.06. The summed E-state index contributed by atoms with van der Waals surface area (Å²) in [5, 5.41) is 8.97. The van der Waals surface area contributed by atoms with Crippen LogP contribution in [0.15, 0.2) is 0 Å². The Morgan fingerprint density at radius 1 is 1.59 bits per heavy atom. The number of carbonyl (C=O) groups excluding carboxylic acids is 1. The summed E-state index contributed by atoms with van der Waals surface area (Å²) in [6.07, 6.45) is 3.61. The van der Waals surface area contributed by atoms with E-state index in [1.54, 1.807) is 7.11 Å². The summed E-state index contributed by atoms with van der Waals surface area (Å²) in [6.45, 7) is 5.61. The zero-order valence-corrected chi connectivity index (χ0v) is 11.2. The fourth-order valence-electron chi connectivity index (χ4n) is 2.39. The third kappa shape index (κ3) is 3.42. The topological polar surface area (TPSA) is 49.8 Å². The fraction of sp³-hybridized carbons (Fsp3) is 0.923. The number of hydrogen-bond donors (Lipinski definition) is 1. The molecule has 1 amide bonds. The molecular weight excluding hydrogens is 218 g/mol. The maximum Gasteiger partial charge on any atom is 0.254 e. The molecule has 0 saturated carbocycles. The summed E-state index contributed by atoms with van der Waals surface area (Å²) in [7, 11) is 1.59. The van der Waals surface area contributed by atoms with E-state index in [0.717, 1.165) is 32.4 Å². The van der Waals surface area contributed by atoms with Crippen LogP contribution in [0.4, 0.5) is 0 Å². The van der Waals surface area contributed by atoms with Crippen LogP contribution in [0.5, 0.6) is 0 Å². The van der Waals surface area contributed by atoms with Gasteiger partial charge < -0.3 is 14.7 Å². The number of carbonyl (C=O) groups is 1. The van der Waals surface area contributed by atoms with Crippen molar-refractivity contribution in [2.75, 3.05) is 26.8 Å². The van der Waals surface area contributed by atoms with Gasteiger partial charge in [0, 0.05) is 26.8 Å². The Morgan fingerprint density at radius 3 is 2.82 bits per heavy atom. The lowest BCUT2D eigenvalue weighted by Gasteiger charge is -2.38. The standard InChI is InChI=1S/C13H25NO3/c1-4-13(2,17-3)12(16)14-8-5-6-11(10-14)7-9-15/h11,15H,4-10H2,1-3H3. The highest BCUT2D eigenvalue weighted by atomic mass is 16.5. The Kier molecular flexibility index (Phi) is 5.40. The number of aliphatic hydroxyl groups is 1. The number of piperidine rings is 1. The minimum absolute atomic E-state index is 0.0881. The number of ether oxygens (including phenoxy) is 1. The van der Waals surface area contributed by atoms with Gasteiger partial charge in [0.2, 0.25) is 0 Å². The smallest absolute Gasteiger partial charge is 0.254 e. The number of methoxy groups -OCH3 is 1. The number of amides is 1. The van der Waals surface area contributed by atoms with Crippen LogP contribution in [0, 0.1) is 5.92 Å². The van der Waals surface area contributed by atoms with Crippen molar-refractivity contribution in [3.8, 4) is 0 Å². The van der Waals surface area contributed by atoms with Crippen molar-refractivity contribution >= 4 is 5.91 Å². The molecule has 0 radical (unpaired) electrons. The summed E-state index contributed by atoms with van der Waals surface area (Å²) < 4.78 is 5.36. The van der Waals surface area contributed by atoms with Gasteiger partial charge >= 0.3 is 0 Å². The molecule has 1 aliphatic heterocycles. The van der Waals surface area contributed by atoms with E-state index in [1.807, 2.05) is 18.7 Å². The first-order valence-corrected chi connectivity index (χ1v) is 6.52. The van der Waals surface area contributed by atoms with Gasteiger partial charge in [0.25, 0.3) is 5.91 Å². The molecule has 1 heterocycles. The average molecular weight is 243 g/mol. The van der Waals surface area contributed by atoms with Crippen molar-refractivity contribution in [2.24, 2.45) is 5.92 Å². The highest BCUT2D eigenvalue weighted by Gasteiger charge is 2.36. The summed E-state index contributed by atoms with van der Waals surface area (Å²) in [4.78, 5) is 14.3. The Balaban J connectivity index is 2.62. The van der Waals surface area contributed by atoms with Crippen LogP contribution >= 0.6 is 0 Å². The first kappa shape index (κ1) is 14.5. The third-order valence-electron chi connectivity index (χ3n) is 3.92. The van der Waals surface area contributed by atoms with Gasteiger partial charge in [-0.1, -0.05) is 6.92 Å². The van der Waals surface area contributed by atoms with Gasteiger partial charge in [-0.15, -0.1) is 0 Å². The van der Waals surface area contributed by atoms with Crippen LogP contribution in [0.2, 0.25) is 0 Å². The highest BCUT2D eigenvalue weighted by Crippen LogP contribution is 2.24. The molecule has 17 heavy (non-hydrogen) atoms. The SMILES string of the molecule is CCC(C)(OC)C(=O)N1CCCC(CCO)C1. The predicted molar refractivity (Wildman–Crippen MR) is 66.7 cm³/mol. The van der Waals surface area contributed by atoms with E-state index in [9.17, 15) is 4.79 Å². The molecule has 1 N–H and O–H groups in total. The first-order chi connectivity index (χ1) is 8.07. The second-order valence-electron chi connectivity index (χ2n) is 5.06. The number of nitrogens with zero attached hydrogens (tertiary/aromatic N) is 1. The van der Waals surface area contributed by atoms with Gasteiger partial charge in [-0.3, -0.25) is 4.79 Å². The molecule has 0 bridgehead atoms. The molecule has 1 fully saturated rings. The molecule has 1 rings (SSSR count). The molecular formula is C13H25NO3.